The van der Waals surface area contributed by atoms with E-state index in [9.17, 15) is 13.6 Å². The maximum atomic E-state index is 13.5. The van der Waals surface area contributed by atoms with Crippen molar-refractivity contribution in [1.29, 1.82) is 0 Å². The van der Waals surface area contributed by atoms with E-state index in [-0.39, 0.29) is 30.5 Å². The zero-order valence-electron chi connectivity index (χ0n) is 12.9. The Morgan fingerprint density at radius 3 is 2.79 bits per heavy atom. The zero-order valence-corrected chi connectivity index (χ0v) is 13.6. The molecule has 3 rings (SSSR count). The molecule has 0 fully saturated rings. The van der Waals surface area contributed by atoms with E-state index in [1.807, 2.05) is 0 Å². The fourth-order valence-electron chi connectivity index (χ4n) is 2.81. The highest BCUT2D eigenvalue weighted by Crippen LogP contribution is 2.39. The molecule has 0 saturated heterocycles. The average Bonchev–Trinajstić information content (AvgIpc) is 2.98. The monoisotopic (exact) mass is 355 g/mol. The summed E-state index contributed by atoms with van der Waals surface area (Å²) in [7, 11) is 0. The van der Waals surface area contributed by atoms with Gasteiger partial charge in [-0.05, 0) is 31.0 Å². The van der Waals surface area contributed by atoms with Gasteiger partial charge in [0.05, 0.1) is 18.8 Å². The second-order valence-electron chi connectivity index (χ2n) is 5.46. The van der Waals surface area contributed by atoms with Gasteiger partial charge in [0.2, 0.25) is 0 Å². The summed E-state index contributed by atoms with van der Waals surface area (Å²) in [4.78, 5) is 12.0. The molecule has 24 heavy (non-hydrogen) atoms. The summed E-state index contributed by atoms with van der Waals surface area (Å²) in [5.74, 6) is -0.332. The first-order valence-corrected chi connectivity index (χ1v) is 7.93. The second-order valence-corrected chi connectivity index (χ2v) is 5.89. The molecule has 2 heterocycles. The minimum absolute atomic E-state index is 0.149. The molecular formula is C16H16ClF2N3O2. The molecule has 0 spiro atoms. The van der Waals surface area contributed by atoms with Crippen molar-refractivity contribution in [3.63, 3.8) is 0 Å². The lowest BCUT2D eigenvalue weighted by Crippen LogP contribution is -2.31. The summed E-state index contributed by atoms with van der Waals surface area (Å²) in [6.07, 6.45) is -1.19. The van der Waals surface area contributed by atoms with Crippen LogP contribution in [0.3, 0.4) is 0 Å². The van der Waals surface area contributed by atoms with Crippen LogP contribution in [0.25, 0.3) is 0 Å². The van der Waals surface area contributed by atoms with Crippen molar-refractivity contribution >= 4 is 23.4 Å². The maximum Gasteiger partial charge on any atom is 0.343 e. The van der Waals surface area contributed by atoms with Gasteiger partial charge < -0.3 is 10.1 Å². The maximum absolute atomic E-state index is 13.5. The van der Waals surface area contributed by atoms with Crippen molar-refractivity contribution in [2.75, 3.05) is 11.9 Å². The Bertz CT molecular complexity index is 733. The molecule has 128 valence electrons. The molecule has 0 saturated carbocycles. The first-order chi connectivity index (χ1) is 11.5. The van der Waals surface area contributed by atoms with Crippen molar-refractivity contribution in [2.24, 2.45) is 0 Å². The number of nitrogens with zero attached hydrogens (tertiary/aromatic N) is 2. The van der Waals surface area contributed by atoms with Crippen LogP contribution < -0.4 is 5.32 Å². The van der Waals surface area contributed by atoms with Gasteiger partial charge in [0, 0.05) is 5.02 Å². The van der Waals surface area contributed by atoms with Crippen molar-refractivity contribution in [3.8, 4) is 0 Å². The molecule has 1 N–H and O–H groups in total. The molecule has 1 aliphatic heterocycles. The van der Waals surface area contributed by atoms with Crippen LogP contribution in [0, 0.1) is 0 Å². The number of carbonyl (C=O) groups is 1. The van der Waals surface area contributed by atoms with Crippen LogP contribution in [-0.2, 0) is 4.74 Å². The van der Waals surface area contributed by atoms with E-state index >= 15 is 0 Å². The molecule has 1 aromatic carbocycles. The lowest BCUT2D eigenvalue weighted by molar-refractivity contribution is 0.0521. The Morgan fingerprint density at radius 1 is 1.46 bits per heavy atom. The lowest BCUT2D eigenvalue weighted by Gasteiger charge is -2.32. The molecule has 0 amide bonds. The Morgan fingerprint density at radius 2 is 2.17 bits per heavy atom. The minimum atomic E-state index is -2.60. The quantitative estimate of drug-likeness (QED) is 0.840. The SMILES string of the molecule is CCOC(=O)c1cnn2c1N[C@H](c1ccc(Cl)cc1)C[C@H]2C(F)F. The third kappa shape index (κ3) is 3.08. The number of nitrogens with one attached hydrogen (secondary N) is 1. The minimum Gasteiger partial charge on any atom is -0.462 e. The van der Waals surface area contributed by atoms with Crippen LogP contribution in [-0.4, -0.2) is 28.8 Å². The highest BCUT2D eigenvalue weighted by atomic mass is 35.5. The van der Waals surface area contributed by atoms with Gasteiger partial charge in [0.15, 0.2) is 0 Å². The normalized spacial score (nSPS) is 19.7. The fraction of sp³-hybridized carbons (Fsp3) is 0.375. The molecule has 1 aliphatic rings. The van der Waals surface area contributed by atoms with Gasteiger partial charge >= 0.3 is 5.97 Å². The van der Waals surface area contributed by atoms with Gasteiger partial charge in [-0.1, -0.05) is 23.7 Å². The van der Waals surface area contributed by atoms with Crippen molar-refractivity contribution in [1.82, 2.24) is 9.78 Å². The smallest absolute Gasteiger partial charge is 0.343 e. The third-order valence-corrected chi connectivity index (χ3v) is 4.21. The molecule has 1 aromatic heterocycles. The topological polar surface area (TPSA) is 56.1 Å². The number of fused-ring (bicyclic) bond motifs is 1. The largest absolute Gasteiger partial charge is 0.462 e. The highest BCUT2D eigenvalue weighted by Gasteiger charge is 2.36. The lowest BCUT2D eigenvalue weighted by atomic mass is 9.97. The Kier molecular flexibility index (Phi) is 4.71. The van der Waals surface area contributed by atoms with Gasteiger partial charge in [-0.15, -0.1) is 0 Å². The van der Waals surface area contributed by atoms with Gasteiger partial charge in [0.1, 0.15) is 17.4 Å². The van der Waals surface area contributed by atoms with E-state index in [1.54, 1.807) is 31.2 Å². The molecule has 8 heteroatoms. The Hall–Kier alpha value is -2.15. The molecular weight excluding hydrogens is 340 g/mol. The summed E-state index contributed by atoms with van der Waals surface area (Å²) in [6.45, 7) is 1.88. The number of carbonyl (C=O) groups excluding carboxylic acids is 1. The zero-order chi connectivity index (χ0) is 17.3. The molecule has 5 nitrogen and oxygen atoms in total. The Labute approximate surface area is 142 Å². The van der Waals surface area contributed by atoms with Crippen LogP contribution in [0.4, 0.5) is 14.6 Å². The number of alkyl halides is 2. The molecule has 2 aromatic rings. The summed E-state index contributed by atoms with van der Waals surface area (Å²) in [6, 6.07) is 5.46. The number of rotatable bonds is 4. The van der Waals surface area contributed by atoms with E-state index in [1.165, 1.54) is 10.9 Å². The van der Waals surface area contributed by atoms with Crippen molar-refractivity contribution in [2.45, 2.75) is 31.9 Å². The average molecular weight is 356 g/mol. The van der Waals surface area contributed by atoms with Gasteiger partial charge in [-0.2, -0.15) is 5.10 Å². The summed E-state index contributed by atoms with van der Waals surface area (Å²) < 4.78 is 33.1. The second kappa shape index (κ2) is 6.76. The number of esters is 1. The van der Waals surface area contributed by atoms with E-state index in [4.69, 9.17) is 16.3 Å². The van der Waals surface area contributed by atoms with Crippen LogP contribution in [0.15, 0.2) is 30.5 Å². The first kappa shape index (κ1) is 16.7. The number of ether oxygens (including phenoxy) is 1. The fourth-order valence-corrected chi connectivity index (χ4v) is 2.93. The molecule has 2 atom stereocenters. The van der Waals surface area contributed by atoms with E-state index < -0.39 is 18.4 Å². The standard InChI is InChI=1S/C16H16ClF2N3O2/c1-2-24-16(23)11-8-20-22-13(14(18)19)7-12(21-15(11)22)9-3-5-10(17)6-4-9/h3-6,8,12-14,21H,2,7H2,1H3/t12-,13-/m0/s1. The molecule has 0 radical (unpaired) electrons. The number of halogens is 3. The van der Waals surface area contributed by atoms with Crippen molar-refractivity contribution < 1.29 is 18.3 Å². The summed E-state index contributed by atoms with van der Waals surface area (Å²) >= 11 is 5.88. The van der Waals surface area contributed by atoms with E-state index in [2.05, 4.69) is 10.4 Å². The van der Waals surface area contributed by atoms with Crippen LogP contribution in [0.1, 0.15) is 41.3 Å². The predicted octanol–water partition coefficient (Wildman–Crippen LogP) is 4.08. The van der Waals surface area contributed by atoms with Gasteiger partial charge in [0.25, 0.3) is 6.43 Å². The van der Waals surface area contributed by atoms with Gasteiger partial charge in [-0.25, -0.2) is 18.3 Å². The number of anilines is 1. The number of aromatic nitrogens is 2. The Balaban J connectivity index is 1.98. The van der Waals surface area contributed by atoms with Crippen LogP contribution in [0.5, 0.6) is 0 Å². The van der Waals surface area contributed by atoms with E-state index in [0.29, 0.717) is 5.02 Å². The summed E-state index contributed by atoms with van der Waals surface area (Å²) in [5.41, 5.74) is 0.966. The summed E-state index contributed by atoms with van der Waals surface area (Å²) in [5, 5.41) is 7.65. The number of hydrogen-bond acceptors (Lipinski definition) is 4. The van der Waals surface area contributed by atoms with Crippen LogP contribution >= 0.6 is 11.6 Å². The molecule has 0 aliphatic carbocycles. The van der Waals surface area contributed by atoms with E-state index in [0.717, 1.165) is 5.56 Å². The highest BCUT2D eigenvalue weighted by molar-refractivity contribution is 6.30. The van der Waals surface area contributed by atoms with Crippen molar-refractivity contribution in [3.05, 3.63) is 46.6 Å². The number of benzene rings is 1. The molecule has 0 unspecified atom stereocenters. The van der Waals surface area contributed by atoms with Gasteiger partial charge in [-0.3, -0.25) is 0 Å². The van der Waals surface area contributed by atoms with Crippen LogP contribution in [0.2, 0.25) is 5.02 Å². The first-order valence-electron chi connectivity index (χ1n) is 7.56. The number of hydrogen-bond donors (Lipinski definition) is 1. The molecule has 0 bridgehead atoms. The predicted molar refractivity (Wildman–Crippen MR) is 85.7 cm³/mol. The third-order valence-electron chi connectivity index (χ3n) is 3.96.